The molecular weight excluding hydrogens is 659 g/mol. The molecule has 45 heavy (non-hydrogen) atoms. The van der Waals surface area contributed by atoms with E-state index in [9.17, 15) is 22.0 Å². The van der Waals surface area contributed by atoms with Crippen LogP contribution in [0.15, 0.2) is 59.8 Å². The van der Waals surface area contributed by atoms with Crippen LogP contribution in [-0.2, 0) is 30.7 Å². The normalized spacial score (nSPS) is 17.8. The van der Waals surface area contributed by atoms with Crippen molar-refractivity contribution in [1.82, 2.24) is 4.31 Å². The zero-order valence-electron chi connectivity index (χ0n) is 23.7. The lowest BCUT2D eigenvalue weighted by Gasteiger charge is -2.32. The molecule has 5 rings (SSSR count). The quantitative estimate of drug-likeness (QED) is 0.213. The Morgan fingerprint density at radius 3 is 2.42 bits per heavy atom. The van der Waals surface area contributed by atoms with Gasteiger partial charge in [0.15, 0.2) is 30.0 Å². The summed E-state index contributed by atoms with van der Waals surface area (Å²) < 4.78 is 75.9. The van der Waals surface area contributed by atoms with Gasteiger partial charge in [0.2, 0.25) is 10.0 Å². The number of carbonyl (C=O) groups is 1. The van der Waals surface area contributed by atoms with Crippen LogP contribution in [0.3, 0.4) is 0 Å². The molecule has 2 heterocycles. The minimum absolute atomic E-state index is 0. The number of morpholine rings is 1. The number of H-pyrrole nitrogens is 1. The molecule has 2 aromatic carbocycles. The average Bonchev–Trinajstić information content (AvgIpc) is 3.83. The molecule has 0 spiro atoms. The number of halogens is 4. The van der Waals surface area contributed by atoms with Crippen LogP contribution < -0.4 is 20.2 Å². The number of aromatic nitrogens is 1. The van der Waals surface area contributed by atoms with Crippen molar-refractivity contribution >= 4 is 44.9 Å². The van der Waals surface area contributed by atoms with Gasteiger partial charge in [-0.2, -0.15) is 13.1 Å². The van der Waals surface area contributed by atoms with Gasteiger partial charge in [0, 0.05) is 24.2 Å². The molecule has 2 atom stereocenters. The van der Waals surface area contributed by atoms with Crippen molar-refractivity contribution in [3.8, 4) is 11.5 Å². The van der Waals surface area contributed by atoms with Crippen molar-refractivity contribution in [3.05, 3.63) is 76.0 Å². The smallest absolute Gasteiger partial charge is 0.387 e. The third kappa shape index (κ3) is 8.71. The summed E-state index contributed by atoms with van der Waals surface area (Å²) in [6, 6.07) is 9.97. The van der Waals surface area contributed by atoms with Gasteiger partial charge in [-0.15, -0.1) is 0 Å². The SMILES string of the molecule is Nc1ccc(S(=O)(=O)N2CCOC(C(=O)O[C@@H](Cc3c(Cl)c[nH+]cc3Cl)c3ccc(OC(F)F)c(OCC4CC4)c3)C2)cc1.[OH-]. The van der Waals surface area contributed by atoms with Crippen LogP contribution in [-0.4, -0.2) is 63.2 Å². The lowest BCUT2D eigenvalue weighted by atomic mass is 10.0. The monoisotopic (exact) mass is 689 g/mol. The Morgan fingerprint density at radius 1 is 1.09 bits per heavy atom. The second-order valence-electron chi connectivity index (χ2n) is 10.4. The van der Waals surface area contributed by atoms with Crippen molar-refractivity contribution in [2.75, 3.05) is 32.0 Å². The van der Waals surface area contributed by atoms with Crippen LogP contribution in [0.1, 0.15) is 30.1 Å². The number of esters is 1. The molecule has 1 aromatic heterocycles. The van der Waals surface area contributed by atoms with Crippen LogP contribution >= 0.6 is 23.2 Å². The Hall–Kier alpha value is -3.27. The van der Waals surface area contributed by atoms with Gasteiger partial charge in [-0.05, 0) is 60.7 Å². The van der Waals surface area contributed by atoms with Crippen LogP contribution in [0.25, 0.3) is 0 Å². The van der Waals surface area contributed by atoms with E-state index in [4.69, 9.17) is 43.1 Å². The van der Waals surface area contributed by atoms with Crippen molar-refractivity contribution < 1.29 is 51.4 Å². The summed E-state index contributed by atoms with van der Waals surface area (Å²) in [5.74, 6) is -0.626. The fourth-order valence-corrected chi connectivity index (χ4v) is 6.56. The maximum Gasteiger partial charge on any atom is 0.387 e. The lowest BCUT2D eigenvalue weighted by Crippen LogP contribution is -2.49. The fraction of sp³-hybridized carbons (Fsp3) is 0.379. The number of aromatic amines is 1. The number of anilines is 1. The van der Waals surface area contributed by atoms with E-state index in [2.05, 4.69) is 9.72 Å². The molecule has 1 aliphatic heterocycles. The zero-order valence-corrected chi connectivity index (χ0v) is 26.0. The second-order valence-corrected chi connectivity index (χ2v) is 13.1. The van der Waals surface area contributed by atoms with E-state index >= 15 is 0 Å². The van der Waals surface area contributed by atoms with Crippen molar-refractivity contribution in [3.63, 3.8) is 0 Å². The Balaban J connectivity index is 0.00000461. The number of pyridine rings is 1. The number of ether oxygens (including phenoxy) is 4. The lowest BCUT2D eigenvalue weighted by molar-refractivity contribution is -0.377. The number of sulfonamides is 1. The fourth-order valence-electron chi connectivity index (χ4n) is 4.60. The summed E-state index contributed by atoms with van der Waals surface area (Å²) in [6.07, 6.45) is 2.66. The molecule has 1 saturated heterocycles. The summed E-state index contributed by atoms with van der Waals surface area (Å²) in [4.78, 5) is 16.3. The highest BCUT2D eigenvalue weighted by molar-refractivity contribution is 7.89. The highest BCUT2D eigenvalue weighted by Crippen LogP contribution is 2.38. The Morgan fingerprint density at radius 2 is 1.78 bits per heavy atom. The van der Waals surface area contributed by atoms with Crippen LogP contribution in [0.5, 0.6) is 11.5 Å². The van der Waals surface area contributed by atoms with Gasteiger partial charge in [-0.3, -0.25) is 0 Å². The van der Waals surface area contributed by atoms with E-state index in [0.29, 0.717) is 29.3 Å². The van der Waals surface area contributed by atoms with Gasteiger partial charge >= 0.3 is 12.6 Å². The number of hydrogen-bond donors (Lipinski definition) is 1. The van der Waals surface area contributed by atoms with Gasteiger partial charge in [0.05, 0.1) is 24.7 Å². The maximum absolute atomic E-state index is 13.5. The van der Waals surface area contributed by atoms with Gasteiger partial charge < -0.3 is 30.2 Å². The van der Waals surface area contributed by atoms with E-state index in [1.54, 1.807) is 0 Å². The first kappa shape index (κ1) is 34.6. The number of carbonyl (C=O) groups excluding carboxylic acids is 1. The molecule has 2 aliphatic rings. The first-order chi connectivity index (χ1) is 21.0. The third-order valence-electron chi connectivity index (χ3n) is 7.18. The molecule has 11 nitrogen and oxygen atoms in total. The van der Waals surface area contributed by atoms with Crippen molar-refractivity contribution in [2.45, 2.75) is 43.0 Å². The second kappa shape index (κ2) is 14.9. The number of nitrogens with one attached hydrogen (secondary N) is 1. The molecule has 0 amide bonds. The molecule has 4 N–H and O–H groups in total. The standard InChI is InChI=1S/C29H29Cl2F2N3O7S.H2O/c30-22-13-35-14-23(31)21(22)12-25(18-3-8-24(43-29(32)33)26(11-18)41-16-17-1-2-17)42-28(37)27-15-36(9-10-40-27)44(38,39)20-6-4-19(34)5-7-20;/h3-8,11,13-14,17,25,27,29H,1-2,9-10,12,15-16,34H2;1H2/t25-,27?;/m0./s1. The van der Waals surface area contributed by atoms with E-state index in [1.807, 2.05) is 0 Å². The summed E-state index contributed by atoms with van der Waals surface area (Å²) in [7, 11) is -3.95. The number of alkyl halides is 2. The molecule has 0 radical (unpaired) electrons. The van der Waals surface area contributed by atoms with Crippen molar-refractivity contribution in [2.24, 2.45) is 5.92 Å². The summed E-state index contributed by atoms with van der Waals surface area (Å²) in [6.45, 7) is -3.08. The zero-order chi connectivity index (χ0) is 31.4. The molecular formula is C29H31Cl2F2N3O8S. The predicted octanol–water partition coefficient (Wildman–Crippen LogP) is 4.52. The number of nitrogen functional groups attached to an aromatic ring is 1. The van der Waals surface area contributed by atoms with E-state index in [1.165, 1.54) is 54.9 Å². The molecule has 244 valence electrons. The molecule has 0 bridgehead atoms. The Labute approximate surface area is 268 Å². The Kier molecular flexibility index (Phi) is 11.4. The molecule has 3 aromatic rings. The average molecular weight is 691 g/mol. The largest absolute Gasteiger partial charge is 0.870 e. The molecule has 16 heteroatoms. The first-order valence-electron chi connectivity index (χ1n) is 13.7. The molecule has 1 aliphatic carbocycles. The number of nitrogens with two attached hydrogens (primary N) is 1. The minimum atomic E-state index is -3.95. The number of rotatable bonds is 12. The van der Waals surface area contributed by atoms with Gasteiger partial charge in [-0.25, -0.2) is 18.2 Å². The maximum atomic E-state index is 13.5. The topological polar surface area (TPSA) is 162 Å². The van der Waals surface area contributed by atoms with Gasteiger partial charge in [0.1, 0.15) is 16.1 Å². The predicted molar refractivity (Wildman–Crippen MR) is 158 cm³/mol. The van der Waals surface area contributed by atoms with Crippen molar-refractivity contribution in [1.29, 1.82) is 0 Å². The van der Waals surface area contributed by atoms with Crippen LogP contribution in [0.4, 0.5) is 14.5 Å². The van der Waals surface area contributed by atoms with Gasteiger partial charge in [-0.1, -0.05) is 29.3 Å². The Bertz CT molecular complexity index is 1580. The van der Waals surface area contributed by atoms with Crippen LogP contribution in [0.2, 0.25) is 10.0 Å². The number of hydrogen-bond acceptors (Lipinski definition) is 9. The molecule has 2 fully saturated rings. The molecule has 1 saturated carbocycles. The minimum Gasteiger partial charge on any atom is -0.870 e. The van der Waals surface area contributed by atoms with Gasteiger partial charge in [0.25, 0.3) is 0 Å². The highest BCUT2D eigenvalue weighted by atomic mass is 35.5. The van der Waals surface area contributed by atoms with E-state index in [0.717, 1.165) is 17.1 Å². The van der Waals surface area contributed by atoms with Crippen LogP contribution in [0, 0.1) is 5.92 Å². The number of nitrogens with zero attached hydrogens (tertiary/aromatic N) is 1. The van der Waals surface area contributed by atoms with E-state index in [-0.39, 0.29) is 58.0 Å². The summed E-state index contributed by atoms with van der Waals surface area (Å²) in [5, 5.41) is 0.548. The third-order valence-corrected chi connectivity index (χ3v) is 9.74. The summed E-state index contributed by atoms with van der Waals surface area (Å²) >= 11 is 12.8. The first-order valence-corrected chi connectivity index (χ1v) is 15.9. The molecule has 1 unspecified atom stereocenters. The summed E-state index contributed by atoms with van der Waals surface area (Å²) in [5.41, 5.74) is 6.94. The highest BCUT2D eigenvalue weighted by Gasteiger charge is 2.36. The van der Waals surface area contributed by atoms with E-state index < -0.39 is 34.8 Å². The number of benzene rings is 2.